The van der Waals surface area contributed by atoms with Gasteiger partial charge in [-0.2, -0.15) is 0 Å². The van der Waals surface area contributed by atoms with Crippen molar-refractivity contribution in [3.05, 3.63) is 46.2 Å². The number of carbonyl (C=O) groups excluding carboxylic acids is 3. The summed E-state index contributed by atoms with van der Waals surface area (Å²) in [5.74, 6) is -1.52. The highest BCUT2D eigenvalue weighted by atomic mass is 32.1. The summed E-state index contributed by atoms with van der Waals surface area (Å²) in [6.07, 6.45) is 4.11. The van der Waals surface area contributed by atoms with Crippen molar-refractivity contribution in [2.24, 2.45) is 16.7 Å². The highest BCUT2D eigenvalue weighted by Gasteiger charge is 2.63. The van der Waals surface area contributed by atoms with Crippen LogP contribution < -0.4 is 5.32 Å². The second-order valence-electron chi connectivity index (χ2n) is 11.4. The molecule has 5 atom stereocenters. The molecule has 37 heavy (non-hydrogen) atoms. The van der Waals surface area contributed by atoms with Gasteiger partial charge in [0, 0.05) is 22.4 Å². The molecule has 3 N–H and O–H groups in total. The van der Waals surface area contributed by atoms with Gasteiger partial charge in [0.15, 0.2) is 11.5 Å². The van der Waals surface area contributed by atoms with E-state index in [1.807, 2.05) is 5.38 Å². The summed E-state index contributed by atoms with van der Waals surface area (Å²) in [5.41, 5.74) is 0.152. The summed E-state index contributed by atoms with van der Waals surface area (Å²) in [6.45, 7) is 7.17. The minimum atomic E-state index is -0.990. The number of ether oxygens (including phenoxy) is 1. The third kappa shape index (κ3) is 4.27. The maximum absolute atomic E-state index is 13.8. The van der Waals surface area contributed by atoms with Crippen LogP contribution in [0, 0.1) is 16.7 Å². The van der Waals surface area contributed by atoms with E-state index in [1.54, 1.807) is 17.0 Å². The van der Waals surface area contributed by atoms with Gasteiger partial charge in [0.2, 0.25) is 0 Å². The van der Waals surface area contributed by atoms with Gasteiger partial charge in [-0.1, -0.05) is 26.8 Å². The summed E-state index contributed by atoms with van der Waals surface area (Å²) in [7, 11) is 0. The summed E-state index contributed by atoms with van der Waals surface area (Å²) in [6, 6.07) is 5.62. The zero-order valence-corrected chi connectivity index (χ0v) is 22.2. The van der Waals surface area contributed by atoms with Crippen LogP contribution in [0.5, 0.6) is 11.5 Å². The van der Waals surface area contributed by atoms with E-state index in [4.69, 9.17) is 4.74 Å². The monoisotopic (exact) mass is 526 g/mol. The summed E-state index contributed by atoms with van der Waals surface area (Å²) in [4.78, 5) is 42.4. The standard InChI is InChI=1S/C28H34N2O6S/c1-27(2)17-10-11-28(27,3)22(15-17)36-26(35)18-6-4-12-30(18)25(34)23(21-7-5-13-37-21)29-24(33)16-8-9-19(31)20(32)14-16/h5,7-9,13-14,17-18,22-23,31-32H,4,6,10-12,15H2,1-3H3,(H,29,33). The van der Waals surface area contributed by atoms with Crippen molar-refractivity contribution in [3.8, 4) is 11.5 Å². The highest BCUT2D eigenvalue weighted by molar-refractivity contribution is 7.10. The van der Waals surface area contributed by atoms with Gasteiger partial charge in [-0.15, -0.1) is 11.3 Å². The number of nitrogens with zero attached hydrogens (tertiary/aromatic N) is 1. The minimum absolute atomic E-state index is 0.0655. The van der Waals surface area contributed by atoms with Crippen molar-refractivity contribution in [2.45, 2.75) is 71.1 Å². The molecule has 2 saturated carbocycles. The van der Waals surface area contributed by atoms with Gasteiger partial charge in [-0.3, -0.25) is 9.59 Å². The number of carbonyl (C=O) groups is 3. The van der Waals surface area contributed by atoms with Crippen molar-refractivity contribution in [1.82, 2.24) is 10.2 Å². The van der Waals surface area contributed by atoms with E-state index in [1.165, 1.54) is 23.5 Å². The van der Waals surface area contributed by atoms with Crippen LogP contribution in [-0.2, 0) is 14.3 Å². The first-order valence-corrected chi connectivity index (χ1v) is 13.8. The molecule has 2 aliphatic carbocycles. The molecule has 2 bridgehead atoms. The number of esters is 1. The fraction of sp³-hybridized carbons (Fsp3) is 0.536. The van der Waals surface area contributed by atoms with Crippen LogP contribution in [-0.4, -0.2) is 51.6 Å². The number of rotatable bonds is 6. The number of benzene rings is 1. The molecule has 8 nitrogen and oxygen atoms in total. The Morgan fingerprint density at radius 3 is 2.54 bits per heavy atom. The number of fused-ring (bicyclic) bond motifs is 2. The Morgan fingerprint density at radius 2 is 1.92 bits per heavy atom. The lowest BCUT2D eigenvalue weighted by atomic mass is 9.70. The molecule has 0 radical (unpaired) electrons. The largest absolute Gasteiger partial charge is 0.504 e. The fourth-order valence-corrected chi connectivity index (χ4v) is 7.33. The smallest absolute Gasteiger partial charge is 0.329 e. The van der Waals surface area contributed by atoms with Gasteiger partial charge in [-0.05, 0) is 73.1 Å². The van der Waals surface area contributed by atoms with E-state index in [9.17, 15) is 24.6 Å². The van der Waals surface area contributed by atoms with Gasteiger partial charge in [0.25, 0.3) is 11.8 Å². The number of hydrogen-bond donors (Lipinski definition) is 3. The number of phenolic OH excluding ortho intramolecular Hbond substituents is 2. The first-order chi connectivity index (χ1) is 17.5. The Balaban J connectivity index is 1.33. The maximum Gasteiger partial charge on any atom is 0.329 e. The molecule has 1 aromatic carbocycles. The van der Waals surface area contributed by atoms with Crippen molar-refractivity contribution in [1.29, 1.82) is 0 Å². The topological polar surface area (TPSA) is 116 Å². The van der Waals surface area contributed by atoms with Gasteiger partial charge >= 0.3 is 5.97 Å². The van der Waals surface area contributed by atoms with Gasteiger partial charge < -0.3 is 25.2 Å². The normalized spacial score (nSPS) is 28.7. The average Bonchev–Trinajstić information content (AvgIpc) is 3.63. The number of amides is 2. The lowest BCUT2D eigenvalue weighted by Crippen LogP contribution is -2.49. The molecular weight excluding hydrogens is 492 g/mol. The summed E-state index contributed by atoms with van der Waals surface area (Å²) >= 11 is 1.34. The fourth-order valence-electron chi connectivity index (χ4n) is 6.56. The number of phenols is 2. The van der Waals surface area contributed by atoms with Gasteiger partial charge in [-0.25, -0.2) is 4.79 Å². The zero-order chi connectivity index (χ0) is 26.5. The molecule has 9 heteroatoms. The molecule has 3 aliphatic rings. The molecule has 198 valence electrons. The quantitative estimate of drug-likeness (QED) is 0.380. The van der Waals surface area contributed by atoms with Crippen molar-refractivity contribution in [3.63, 3.8) is 0 Å². The van der Waals surface area contributed by atoms with Crippen LogP contribution in [0.3, 0.4) is 0 Å². The third-order valence-electron chi connectivity index (χ3n) is 9.37. The Labute approximate surface area is 220 Å². The first-order valence-electron chi connectivity index (χ1n) is 12.9. The van der Waals surface area contributed by atoms with E-state index < -0.39 is 23.7 Å². The van der Waals surface area contributed by atoms with Crippen molar-refractivity contribution >= 4 is 29.1 Å². The average molecular weight is 527 g/mol. The molecular formula is C28H34N2O6S. The summed E-state index contributed by atoms with van der Waals surface area (Å²) in [5, 5.41) is 24.0. The molecule has 2 amide bonds. The van der Waals surface area contributed by atoms with Crippen LogP contribution in [0.15, 0.2) is 35.7 Å². The van der Waals surface area contributed by atoms with Crippen LogP contribution >= 0.6 is 11.3 Å². The molecule has 2 aromatic rings. The number of hydrogen-bond acceptors (Lipinski definition) is 7. The Kier molecular flexibility index (Phi) is 6.46. The summed E-state index contributed by atoms with van der Waals surface area (Å²) < 4.78 is 6.12. The van der Waals surface area contributed by atoms with E-state index in [2.05, 4.69) is 26.1 Å². The van der Waals surface area contributed by atoms with E-state index in [0.717, 1.165) is 25.3 Å². The van der Waals surface area contributed by atoms with Gasteiger partial charge in [0.05, 0.1) is 0 Å². The molecule has 1 saturated heterocycles. The SMILES string of the molecule is CC1(C)C2CCC1(C)C(OC(=O)C1CCCN1C(=O)C(NC(=O)c1ccc(O)c(O)c1)c1cccs1)C2. The van der Waals surface area contributed by atoms with E-state index in [0.29, 0.717) is 30.2 Å². The minimum Gasteiger partial charge on any atom is -0.504 e. The van der Waals surface area contributed by atoms with Crippen molar-refractivity contribution in [2.75, 3.05) is 6.54 Å². The van der Waals surface area contributed by atoms with E-state index >= 15 is 0 Å². The number of nitrogens with one attached hydrogen (secondary N) is 1. The third-order valence-corrected chi connectivity index (χ3v) is 10.3. The van der Waals surface area contributed by atoms with Crippen molar-refractivity contribution < 1.29 is 29.3 Å². The highest BCUT2D eigenvalue weighted by Crippen LogP contribution is 2.66. The predicted octanol–water partition coefficient (Wildman–Crippen LogP) is 4.38. The second-order valence-corrected chi connectivity index (χ2v) is 12.3. The van der Waals surface area contributed by atoms with Crippen LogP contribution in [0.25, 0.3) is 0 Å². The molecule has 3 fully saturated rings. The van der Waals surface area contributed by atoms with Crippen LogP contribution in [0.2, 0.25) is 0 Å². The zero-order valence-electron chi connectivity index (χ0n) is 21.4. The van der Waals surface area contributed by atoms with Crippen LogP contribution in [0.4, 0.5) is 0 Å². The molecule has 1 aliphatic heterocycles. The molecule has 1 aromatic heterocycles. The Hall–Kier alpha value is -3.07. The molecule has 2 heterocycles. The number of thiophene rings is 1. The maximum atomic E-state index is 13.8. The second kappa shape index (κ2) is 9.35. The van der Waals surface area contributed by atoms with E-state index in [-0.39, 0.29) is 40.1 Å². The Morgan fingerprint density at radius 1 is 1.14 bits per heavy atom. The predicted molar refractivity (Wildman–Crippen MR) is 138 cm³/mol. The van der Waals surface area contributed by atoms with Crippen LogP contribution in [0.1, 0.15) is 74.2 Å². The molecule has 5 rings (SSSR count). The van der Waals surface area contributed by atoms with Gasteiger partial charge in [0.1, 0.15) is 18.2 Å². The molecule has 5 unspecified atom stereocenters. The lowest BCUT2D eigenvalue weighted by molar-refractivity contribution is -0.165. The number of aromatic hydroxyl groups is 2. The first kappa shape index (κ1) is 25.6. The molecule has 0 spiro atoms. The number of likely N-dealkylation sites (tertiary alicyclic amines) is 1. The Bertz CT molecular complexity index is 1210. The lowest BCUT2D eigenvalue weighted by Gasteiger charge is -2.39.